The van der Waals surface area contributed by atoms with Crippen LogP contribution in [0, 0.1) is 0 Å². The maximum absolute atomic E-state index is 12.2. The number of nitrogens with zero attached hydrogens (tertiary/aromatic N) is 1. The van der Waals surface area contributed by atoms with Crippen LogP contribution in [0.25, 0.3) is 0 Å². The number of para-hydroxylation sites is 1. The molecular weight excluding hydrogens is 244 g/mol. The predicted molar refractivity (Wildman–Crippen MR) is 63.7 cm³/mol. The Morgan fingerprint density at radius 2 is 2.17 bits per heavy atom. The highest BCUT2D eigenvalue weighted by molar-refractivity contribution is 6.00. The summed E-state index contributed by atoms with van der Waals surface area (Å²) in [5, 5.41) is 0. The van der Waals surface area contributed by atoms with E-state index >= 15 is 0 Å². The molecule has 1 aromatic rings. The van der Waals surface area contributed by atoms with Gasteiger partial charge in [0.1, 0.15) is 11.6 Å². The number of nitrogens with two attached hydrogens (primary N) is 1. The summed E-state index contributed by atoms with van der Waals surface area (Å²) >= 11 is 0. The molecule has 7 heteroatoms. The molecule has 100 valence electrons. The van der Waals surface area contributed by atoms with Crippen LogP contribution in [0.2, 0.25) is 0 Å². The number of nitrogens with one attached hydrogen (secondary N) is 1. The molecule has 0 fully saturated rings. The number of ether oxygens (including phenoxy) is 2. The van der Waals surface area contributed by atoms with E-state index in [9.17, 15) is 8.78 Å². The highest BCUT2D eigenvalue weighted by atomic mass is 19.3. The summed E-state index contributed by atoms with van der Waals surface area (Å²) < 4.78 is 33.7. The van der Waals surface area contributed by atoms with Crippen LogP contribution in [0.15, 0.2) is 29.3 Å². The Morgan fingerprint density at radius 3 is 2.78 bits per heavy atom. The Kier molecular flexibility index (Phi) is 6.03. The average molecular weight is 259 g/mol. The van der Waals surface area contributed by atoms with E-state index in [-0.39, 0.29) is 11.6 Å². The van der Waals surface area contributed by atoms with Crippen LogP contribution < -0.4 is 16.0 Å². The Balaban J connectivity index is 2.94. The standard InChI is InChI=1S/C11H15F2N3O2/c1-17-7-6-15-10(16-14)8-4-2-3-5-9(8)18-11(12)13/h2-5,11H,6-7,14H2,1H3,(H,15,16). The van der Waals surface area contributed by atoms with Crippen LogP contribution in [0.5, 0.6) is 5.75 Å². The van der Waals surface area contributed by atoms with Crippen molar-refractivity contribution in [1.82, 2.24) is 5.43 Å². The van der Waals surface area contributed by atoms with Crippen molar-refractivity contribution >= 4 is 5.84 Å². The van der Waals surface area contributed by atoms with Crippen LogP contribution in [-0.4, -0.2) is 32.7 Å². The summed E-state index contributed by atoms with van der Waals surface area (Å²) in [6.07, 6.45) is 0. The normalized spacial score (nSPS) is 11.7. The van der Waals surface area contributed by atoms with E-state index in [0.29, 0.717) is 18.7 Å². The molecule has 0 aromatic heterocycles. The largest absolute Gasteiger partial charge is 0.434 e. The van der Waals surface area contributed by atoms with Gasteiger partial charge in [-0.1, -0.05) is 12.1 Å². The maximum atomic E-state index is 12.2. The number of hydrogen-bond acceptors (Lipinski definition) is 4. The van der Waals surface area contributed by atoms with Crippen molar-refractivity contribution in [1.29, 1.82) is 0 Å². The lowest BCUT2D eigenvalue weighted by molar-refractivity contribution is -0.0499. The minimum Gasteiger partial charge on any atom is -0.434 e. The monoisotopic (exact) mass is 259 g/mol. The van der Waals surface area contributed by atoms with Crippen molar-refractivity contribution in [3.8, 4) is 5.75 Å². The van der Waals surface area contributed by atoms with Gasteiger partial charge in [-0.2, -0.15) is 8.78 Å². The molecule has 0 amide bonds. The maximum Gasteiger partial charge on any atom is 0.387 e. The van der Waals surface area contributed by atoms with Crippen LogP contribution >= 0.6 is 0 Å². The van der Waals surface area contributed by atoms with Gasteiger partial charge in [-0.25, -0.2) is 5.84 Å². The smallest absolute Gasteiger partial charge is 0.387 e. The molecule has 0 unspecified atom stereocenters. The van der Waals surface area contributed by atoms with Gasteiger partial charge in [0.05, 0.1) is 18.7 Å². The van der Waals surface area contributed by atoms with E-state index in [2.05, 4.69) is 15.2 Å². The second kappa shape index (κ2) is 7.57. The van der Waals surface area contributed by atoms with E-state index in [1.807, 2.05) is 0 Å². The highest BCUT2D eigenvalue weighted by Gasteiger charge is 2.12. The molecule has 0 saturated carbocycles. The number of alkyl halides is 2. The number of aliphatic imine (C=N–C) groups is 1. The first kappa shape index (κ1) is 14.3. The van der Waals surface area contributed by atoms with Gasteiger partial charge in [-0.15, -0.1) is 0 Å². The summed E-state index contributed by atoms with van der Waals surface area (Å²) in [7, 11) is 1.54. The zero-order valence-electron chi connectivity index (χ0n) is 9.90. The Hall–Kier alpha value is -1.73. The fourth-order valence-electron chi connectivity index (χ4n) is 1.32. The number of halogens is 2. The number of rotatable bonds is 6. The molecule has 0 spiro atoms. The van der Waals surface area contributed by atoms with Crippen LogP contribution in [0.1, 0.15) is 5.56 Å². The third-order valence-electron chi connectivity index (χ3n) is 2.06. The fraction of sp³-hybridized carbons (Fsp3) is 0.364. The van der Waals surface area contributed by atoms with Crippen molar-refractivity contribution in [2.75, 3.05) is 20.3 Å². The number of hydrazine groups is 1. The van der Waals surface area contributed by atoms with E-state index in [4.69, 9.17) is 10.6 Å². The molecule has 0 radical (unpaired) electrons. The van der Waals surface area contributed by atoms with Gasteiger partial charge in [0.2, 0.25) is 0 Å². The molecule has 0 bridgehead atoms. The lowest BCUT2D eigenvalue weighted by Crippen LogP contribution is -2.32. The van der Waals surface area contributed by atoms with Gasteiger partial charge in [0, 0.05) is 7.11 Å². The highest BCUT2D eigenvalue weighted by Crippen LogP contribution is 2.20. The van der Waals surface area contributed by atoms with E-state index in [0.717, 1.165) is 0 Å². The molecule has 3 N–H and O–H groups in total. The molecule has 0 atom stereocenters. The molecule has 5 nitrogen and oxygen atoms in total. The quantitative estimate of drug-likeness (QED) is 0.264. The number of hydrogen-bond donors (Lipinski definition) is 2. The zero-order chi connectivity index (χ0) is 13.4. The molecule has 0 aliphatic heterocycles. The molecule has 0 heterocycles. The second-order valence-corrected chi connectivity index (χ2v) is 3.24. The number of benzene rings is 1. The zero-order valence-corrected chi connectivity index (χ0v) is 9.90. The molecule has 0 aliphatic carbocycles. The van der Waals surface area contributed by atoms with Crippen molar-refractivity contribution in [2.24, 2.45) is 10.8 Å². The average Bonchev–Trinajstić information content (AvgIpc) is 2.35. The van der Waals surface area contributed by atoms with Crippen LogP contribution in [0.3, 0.4) is 0 Å². The third kappa shape index (κ3) is 4.27. The molecule has 1 aromatic carbocycles. The SMILES string of the molecule is COCCN=C(NN)c1ccccc1OC(F)F. The summed E-state index contributed by atoms with van der Waals surface area (Å²) in [4.78, 5) is 4.10. The number of methoxy groups -OCH3 is 1. The van der Waals surface area contributed by atoms with Crippen LogP contribution in [0.4, 0.5) is 8.78 Å². The minimum absolute atomic E-state index is 0.0154. The topological polar surface area (TPSA) is 68.9 Å². The first-order valence-electron chi connectivity index (χ1n) is 5.23. The molecule has 0 saturated heterocycles. The Bertz CT molecular complexity index is 400. The Labute approximate surface area is 104 Å². The molecule has 18 heavy (non-hydrogen) atoms. The minimum atomic E-state index is -2.90. The van der Waals surface area contributed by atoms with Gasteiger partial charge >= 0.3 is 6.61 Å². The third-order valence-corrected chi connectivity index (χ3v) is 2.06. The molecule has 1 rings (SSSR count). The van der Waals surface area contributed by atoms with Gasteiger partial charge in [0.25, 0.3) is 0 Å². The Morgan fingerprint density at radius 1 is 1.44 bits per heavy atom. The van der Waals surface area contributed by atoms with Gasteiger partial charge in [0.15, 0.2) is 0 Å². The first-order chi connectivity index (χ1) is 8.69. The lowest BCUT2D eigenvalue weighted by atomic mass is 10.2. The summed E-state index contributed by atoms with van der Waals surface area (Å²) in [5.41, 5.74) is 2.73. The first-order valence-corrected chi connectivity index (χ1v) is 5.23. The lowest BCUT2D eigenvalue weighted by Gasteiger charge is -2.12. The fourth-order valence-corrected chi connectivity index (χ4v) is 1.32. The number of amidine groups is 1. The predicted octanol–water partition coefficient (Wildman–Crippen LogP) is 1.14. The van der Waals surface area contributed by atoms with Gasteiger partial charge < -0.3 is 14.9 Å². The summed E-state index contributed by atoms with van der Waals surface area (Å²) in [6, 6.07) is 6.27. The molecule has 0 aliphatic rings. The van der Waals surface area contributed by atoms with Gasteiger partial charge in [-0.3, -0.25) is 4.99 Å². The van der Waals surface area contributed by atoms with E-state index in [1.54, 1.807) is 25.3 Å². The van der Waals surface area contributed by atoms with Crippen molar-refractivity contribution < 1.29 is 18.3 Å². The summed E-state index contributed by atoms with van der Waals surface area (Å²) in [5.74, 6) is 5.60. The summed E-state index contributed by atoms with van der Waals surface area (Å²) in [6.45, 7) is -2.13. The second-order valence-electron chi connectivity index (χ2n) is 3.24. The van der Waals surface area contributed by atoms with Crippen molar-refractivity contribution in [3.63, 3.8) is 0 Å². The van der Waals surface area contributed by atoms with E-state index in [1.165, 1.54) is 6.07 Å². The van der Waals surface area contributed by atoms with E-state index < -0.39 is 6.61 Å². The van der Waals surface area contributed by atoms with Crippen molar-refractivity contribution in [3.05, 3.63) is 29.8 Å². The van der Waals surface area contributed by atoms with Crippen molar-refractivity contribution in [2.45, 2.75) is 6.61 Å². The van der Waals surface area contributed by atoms with Gasteiger partial charge in [-0.05, 0) is 12.1 Å². The molecular formula is C11H15F2N3O2. The van der Waals surface area contributed by atoms with Crippen LogP contribution in [-0.2, 0) is 4.74 Å².